The van der Waals surface area contributed by atoms with Gasteiger partial charge >= 0.3 is 0 Å². The highest BCUT2D eigenvalue weighted by Crippen LogP contribution is 2.44. The van der Waals surface area contributed by atoms with Crippen LogP contribution in [-0.2, 0) is 9.59 Å². The Kier molecular flexibility index (Phi) is 5.65. The number of allylic oxidation sites excluding steroid dienone is 1. The van der Waals surface area contributed by atoms with Crippen LogP contribution in [0.4, 0.5) is 11.4 Å². The number of para-hydroxylation sites is 2. The summed E-state index contributed by atoms with van der Waals surface area (Å²) in [5, 5.41) is 3.59. The predicted molar refractivity (Wildman–Crippen MR) is 122 cm³/mol. The second-order valence-corrected chi connectivity index (χ2v) is 10.1. The number of fused-ring (bicyclic) bond motifs is 1. The monoisotopic (exact) mass is 409 g/mol. The van der Waals surface area contributed by atoms with E-state index in [1.807, 2.05) is 17.0 Å². The van der Waals surface area contributed by atoms with Crippen LogP contribution in [-0.4, -0.2) is 42.3 Å². The Hall–Kier alpha value is -2.30. The van der Waals surface area contributed by atoms with Gasteiger partial charge in [0.1, 0.15) is 0 Å². The van der Waals surface area contributed by atoms with Crippen LogP contribution in [0.5, 0.6) is 0 Å². The molecule has 0 aromatic heterocycles. The van der Waals surface area contributed by atoms with Gasteiger partial charge in [0.2, 0.25) is 5.91 Å². The lowest BCUT2D eigenvalue weighted by atomic mass is 9.74. The first kappa shape index (κ1) is 21.0. The number of carbonyl (C=O) groups is 2. The number of nitrogens with zero attached hydrogens (tertiary/aromatic N) is 2. The molecule has 162 valence electrons. The zero-order chi connectivity index (χ0) is 21.5. The van der Waals surface area contributed by atoms with Gasteiger partial charge in [0.25, 0.3) is 0 Å². The van der Waals surface area contributed by atoms with Crippen molar-refractivity contribution in [3.63, 3.8) is 0 Å². The average molecular weight is 410 g/mol. The Morgan fingerprint density at radius 1 is 1.23 bits per heavy atom. The first-order valence-corrected chi connectivity index (χ1v) is 11.5. The fourth-order valence-corrected chi connectivity index (χ4v) is 5.43. The number of hydrogen-bond donors (Lipinski definition) is 1. The molecule has 1 amide bonds. The molecular formula is C25H35N3O2. The van der Waals surface area contributed by atoms with Crippen molar-refractivity contribution in [1.29, 1.82) is 0 Å². The van der Waals surface area contributed by atoms with Crippen molar-refractivity contribution in [2.24, 2.45) is 11.3 Å². The molecule has 1 aromatic carbocycles. The zero-order valence-electron chi connectivity index (χ0n) is 18.8. The molecule has 0 radical (unpaired) electrons. The standard InChI is InChI=1S/C25H35N3O2/c1-5-20-24-19(13-25(3,4)14-22(24)29)26-18-10-6-7-11-21(18)28(20)16-23(30)27-12-8-9-17(2)15-27/h6-7,10-11,17,20,26H,5,8-9,12-16H2,1-4H3. The minimum Gasteiger partial charge on any atom is -0.357 e. The smallest absolute Gasteiger partial charge is 0.242 e. The van der Waals surface area contributed by atoms with Crippen LogP contribution in [0.2, 0.25) is 0 Å². The number of benzene rings is 1. The predicted octanol–water partition coefficient (Wildman–Crippen LogP) is 4.60. The van der Waals surface area contributed by atoms with E-state index in [4.69, 9.17) is 0 Å². The topological polar surface area (TPSA) is 52.7 Å². The van der Waals surface area contributed by atoms with Gasteiger partial charge in [-0.05, 0) is 49.1 Å². The van der Waals surface area contributed by atoms with E-state index in [9.17, 15) is 9.59 Å². The normalized spacial score (nSPS) is 25.9. The molecule has 4 rings (SSSR count). The zero-order valence-corrected chi connectivity index (χ0v) is 18.8. The van der Waals surface area contributed by atoms with Gasteiger partial charge in [-0.3, -0.25) is 9.59 Å². The van der Waals surface area contributed by atoms with Crippen LogP contribution in [0.1, 0.15) is 59.8 Å². The van der Waals surface area contributed by atoms with Crippen LogP contribution < -0.4 is 10.2 Å². The molecule has 0 bridgehead atoms. The lowest BCUT2D eigenvalue weighted by Gasteiger charge is -2.38. The Bertz CT molecular complexity index is 873. The number of amides is 1. The maximum atomic E-state index is 13.3. The third kappa shape index (κ3) is 3.99. The van der Waals surface area contributed by atoms with E-state index >= 15 is 0 Å². The second kappa shape index (κ2) is 8.09. The molecule has 2 atom stereocenters. The number of carbonyl (C=O) groups excluding carboxylic acids is 2. The number of anilines is 2. The molecule has 3 aliphatic rings. The van der Waals surface area contributed by atoms with Gasteiger partial charge in [0.05, 0.1) is 24.0 Å². The Morgan fingerprint density at radius 3 is 2.73 bits per heavy atom. The quantitative estimate of drug-likeness (QED) is 0.793. The van der Waals surface area contributed by atoms with Gasteiger partial charge in [-0.2, -0.15) is 0 Å². The van der Waals surface area contributed by atoms with Gasteiger partial charge in [-0.25, -0.2) is 0 Å². The molecule has 0 spiro atoms. The van der Waals surface area contributed by atoms with E-state index in [0.29, 0.717) is 18.9 Å². The lowest BCUT2D eigenvalue weighted by molar-refractivity contribution is -0.131. The van der Waals surface area contributed by atoms with Gasteiger partial charge < -0.3 is 15.1 Å². The second-order valence-electron chi connectivity index (χ2n) is 10.1. The number of nitrogens with one attached hydrogen (secondary N) is 1. The fraction of sp³-hybridized carbons (Fsp3) is 0.600. The molecule has 1 aromatic rings. The van der Waals surface area contributed by atoms with Crippen LogP contribution in [0.15, 0.2) is 35.5 Å². The van der Waals surface area contributed by atoms with Crippen LogP contribution in [0.25, 0.3) is 0 Å². The molecule has 1 saturated heterocycles. The molecule has 2 aliphatic heterocycles. The highest BCUT2D eigenvalue weighted by molar-refractivity contribution is 6.01. The van der Waals surface area contributed by atoms with Crippen molar-refractivity contribution in [3.8, 4) is 0 Å². The van der Waals surface area contributed by atoms with Crippen molar-refractivity contribution >= 4 is 23.1 Å². The van der Waals surface area contributed by atoms with Crippen LogP contribution in [0, 0.1) is 11.3 Å². The Balaban J connectivity index is 1.72. The third-order valence-corrected chi connectivity index (χ3v) is 6.83. The van der Waals surface area contributed by atoms with Crippen LogP contribution in [0.3, 0.4) is 0 Å². The minimum atomic E-state index is -0.0779. The minimum absolute atomic E-state index is 0.0505. The summed E-state index contributed by atoms with van der Waals surface area (Å²) < 4.78 is 0. The Morgan fingerprint density at radius 2 is 2.00 bits per heavy atom. The summed E-state index contributed by atoms with van der Waals surface area (Å²) in [6.45, 7) is 10.7. The van der Waals surface area contributed by atoms with Crippen molar-refractivity contribution in [1.82, 2.24) is 4.90 Å². The van der Waals surface area contributed by atoms with Gasteiger partial charge in [0.15, 0.2) is 5.78 Å². The summed E-state index contributed by atoms with van der Waals surface area (Å²) in [4.78, 5) is 30.8. The molecule has 1 fully saturated rings. The summed E-state index contributed by atoms with van der Waals surface area (Å²) in [6, 6.07) is 8.09. The summed E-state index contributed by atoms with van der Waals surface area (Å²) >= 11 is 0. The van der Waals surface area contributed by atoms with Gasteiger partial charge in [-0.1, -0.05) is 39.8 Å². The molecule has 2 unspecified atom stereocenters. The van der Waals surface area contributed by atoms with Gasteiger partial charge in [0, 0.05) is 30.8 Å². The van der Waals surface area contributed by atoms with Gasteiger partial charge in [-0.15, -0.1) is 0 Å². The summed E-state index contributed by atoms with van der Waals surface area (Å²) in [5.74, 6) is 0.944. The largest absolute Gasteiger partial charge is 0.357 e. The molecule has 5 heteroatoms. The molecule has 5 nitrogen and oxygen atoms in total. The summed E-state index contributed by atoms with van der Waals surface area (Å²) in [6.07, 6.45) is 4.48. The van der Waals surface area contributed by atoms with E-state index < -0.39 is 0 Å². The maximum Gasteiger partial charge on any atom is 0.242 e. The highest BCUT2D eigenvalue weighted by atomic mass is 16.2. The number of likely N-dealkylation sites (tertiary alicyclic amines) is 1. The first-order chi connectivity index (χ1) is 14.3. The van der Waals surface area contributed by atoms with Crippen molar-refractivity contribution in [2.75, 3.05) is 29.9 Å². The molecule has 0 saturated carbocycles. The van der Waals surface area contributed by atoms with Crippen LogP contribution >= 0.6 is 0 Å². The number of hydrogen-bond acceptors (Lipinski definition) is 4. The summed E-state index contributed by atoms with van der Waals surface area (Å²) in [7, 11) is 0. The number of piperidine rings is 1. The number of rotatable bonds is 3. The number of ketones is 1. The third-order valence-electron chi connectivity index (χ3n) is 6.83. The maximum absolute atomic E-state index is 13.3. The SMILES string of the molecule is CCC1C2=C(CC(C)(C)CC2=O)Nc2ccccc2N1CC(=O)N1CCCC(C)C1. The van der Waals surface area contributed by atoms with Crippen molar-refractivity contribution in [2.45, 2.75) is 65.8 Å². The van der Waals surface area contributed by atoms with E-state index in [2.05, 4.69) is 50.0 Å². The molecular weight excluding hydrogens is 374 g/mol. The number of Topliss-reactive ketones (excluding diaryl/α,β-unsaturated/α-hetero) is 1. The molecule has 1 aliphatic carbocycles. The lowest BCUT2D eigenvalue weighted by Crippen LogP contribution is -2.49. The molecule has 30 heavy (non-hydrogen) atoms. The fourth-order valence-electron chi connectivity index (χ4n) is 5.43. The highest BCUT2D eigenvalue weighted by Gasteiger charge is 2.40. The average Bonchev–Trinajstić information content (AvgIpc) is 2.81. The summed E-state index contributed by atoms with van der Waals surface area (Å²) in [5.41, 5.74) is 3.88. The Labute approximate surface area is 180 Å². The van der Waals surface area contributed by atoms with Crippen molar-refractivity contribution < 1.29 is 9.59 Å². The van der Waals surface area contributed by atoms with Crippen molar-refractivity contribution in [3.05, 3.63) is 35.5 Å². The van der Waals surface area contributed by atoms with E-state index in [1.54, 1.807) is 0 Å². The van der Waals surface area contributed by atoms with E-state index in [1.165, 1.54) is 6.42 Å². The molecule has 1 N–H and O–H groups in total. The van der Waals surface area contributed by atoms with E-state index in [-0.39, 0.29) is 23.1 Å². The first-order valence-electron chi connectivity index (χ1n) is 11.5. The van der Waals surface area contributed by atoms with E-state index in [0.717, 1.165) is 55.0 Å². The molecule has 2 heterocycles.